The molecule has 0 aromatic heterocycles. The lowest BCUT2D eigenvalue weighted by Crippen LogP contribution is -2.19. The molecular weight excluding hydrogens is 354 g/mol. The van der Waals surface area contributed by atoms with Gasteiger partial charge in [-0.2, -0.15) is 0 Å². The maximum Gasteiger partial charge on any atom is 0.120 e. The van der Waals surface area contributed by atoms with Crippen LogP contribution in [-0.4, -0.2) is 19.8 Å². The Hall–Kier alpha value is -1.94. The molecule has 4 heteroatoms. The van der Waals surface area contributed by atoms with Crippen LogP contribution >= 0.6 is 15.9 Å². The van der Waals surface area contributed by atoms with E-state index in [9.17, 15) is 0 Å². The minimum atomic E-state index is 0.223. The molecule has 122 valence electrons. The van der Waals surface area contributed by atoms with Crippen molar-refractivity contribution in [3.05, 3.63) is 65.2 Å². The summed E-state index contributed by atoms with van der Waals surface area (Å²) in [6, 6.07) is 16.1. The average Bonchev–Trinajstić information content (AvgIpc) is 2.56. The number of allylic oxidation sites excluding steroid dienone is 1. The van der Waals surface area contributed by atoms with Gasteiger partial charge < -0.3 is 14.8 Å². The fourth-order valence-corrected chi connectivity index (χ4v) is 2.59. The monoisotopic (exact) mass is 375 g/mol. The van der Waals surface area contributed by atoms with E-state index in [-0.39, 0.29) is 6.04 Å². The van der Waals surface area contributed by atoms with Crippen molar-refractivity contribution in [1.29, 1.82) is 0 Å². The first-order valence-corrected chi connectivity index (χ1v) is 8.42. The van der Waals surface area contributed by atoms with Crippen molar-refractivity contribution in [1.82, 2.24) is 0 Å². The lowest BCUT2D eigenvalue weighted by Gasteiger charge is -2.17. The second kappa shape index (κ2) is 9.26. The molecule has 2 aromatic rings. The van der Waals surface area contributed by atoms with Crippen LogP contribution in [0, 0.1) is 0 Å². The Kier molecular flexibility index (Phi) is 7.01. The summed E-state index contributed by atoms with van der Waals surface area (Å²) >= 11 is 3.45. The third-order valence-corrected chi connectivity index (χ3v) is 3.85. The van der Waals surface area contributed by atoms with Crippen LogP contribution in [0.4, 0.5) is 5.69 Å². The van der Waals surface area contributed by atoms with Crippen LogP contribution in [-0.2, 0) is 0 Å². The normalized spacial score (nSPS) is 12.1. The predicted octanol–water partition coefficient (Wildman–Crippen LogP) is 5.28. The van der Waals surface area contributed by atoms with Gasteiger partial charge in [-0.1, -0.05) is 34.1 Å². The summed E-state index contributed by atoms with van der Waals surface area (Å²) in [6.45, 7) is 2.67. The molecule has 0 saturated carbocycles. The van der Waals surface area contributed by atoms with E-state index in [1.165, 1.54) is 0 Å². The maximum atomic E-state index is 5.81. The second-order valence-electron chi connectivity index (χ2n) is 5.10. The van der Waals surface area contributed by atoms with Crippen LogP contribution in [0.3, 0.4) is 0 Å². The first-order chi connectivity index (χ1) is 11.2. The van der Waals surface area contributed by atoms with Crippen LogP contribution in [0.15, 0.2) is 65.2 Å². The highest BCUT2D eigenvalue weighted by Gasteiger charge is 2.06. The molecule has 0 fully saturated rings. The molecule has 0 bridgehead atoms. The molecule has 0 heterocycles. The summed E-state index contributed by atoms with van der Waals surface area (Å²) in [7, 11) is 1.67. The first kappa shape index (κ1) is 17.4. The van der Waals surface area contributed by atoms with Gasteiger partial charge in [0.05, 0.1) is 13.7 Å². The topological polar surface area (TPSA) is 30.5 Å². The molecular formula is C19H22BrNO2. The fourth-order valence-electron chi connectivity index (χ4n) is 2.21. The molecule has 0 spiro atoms. The number of ether oxygens (including phenoxy) is 2. The predicted molar refractivity (Wildman–Crippen MR) is 99.5 cm³/mol. The van der Waals surface area contributed by atoms with Crippen molar-refractivity contribution >= 4 is 21.6 Å². The molecule has 0 aliphatic heterocycles. The number of hydrogen-bond donors (Lipinski definition) is 1. The van der Waals surface area contributed by atoms with E-state index >= 15 is 0 Å². The molecule has 0 saturated heterocycles. The molecule has 0 radical (unpaired) electrons. The maximum absolute atomic E-state index is 5.81. The smallest absolute Gasteiger partial charge is 0.120 e. The largest absolute Gasteiger partial charge is 0.497 e. The number of rotatable bonds is 8. The van der Waals surface area contributed by atoms with Gasteiger partial charge in [0.1, 0.15) is 11.5 Å². The van der Waals surface area contributed by atoms with E-state index in [1.807, 2.05) is 55.5 Å². The Bertz CT molecular complexity index is 626. The summed E-state index contributed by atoms with van der Waals surface area (Å²) in [4.78, 5) is 0. The zero-order valence-electron chi connectivity index (χ0n) is 13.5. The van der Waals surface area contributed by atoms with Crippen LogP contribution < -0.4 is 14.8 Å². The quantitative estimate of drug-likeness (QED) is 0.636. The molecule has 1 N–H and O–H groups in total. The molecule has 0 aliphatic carbocycles. The Balaban J connectivity index is 1.87. The minimum absolute atomic E-state index is 0.223. The highest BCUT2D eigenvalue weighted by atomic mass is 79.9. The Morgan fingerprint density at radius 1 is 1.13 bits per heavy atom. The highest BCUT2D eigenvalue weighted by Crippen LogP contribution is 2.19. The SMILES string of the molecule is C/C=C/C(CCOc1cccc(Br)c1)Nc1ccc(OC)cc1. The van der Waals surface area contributed by atoms with Gasteiger partial charge in [-0.15, -0.1) is 0 Å². The summed E-state index contributed by atoms with van der Waals surface area (Å²) < 4.78 is 12.0. The van der Waals surface area contributed by atoms with Crippen LogP contribution in [0.25, 0.3) is 0 Å². The van der Waals surface area contributed by atoms with Gasteiger partial charge in [-0.3, -0.25) is 0 Å². The summed E-state index contributed by atoms with van der Waals surface area (Å²) in [5.74, 6) is 1.74. The minimum Gasteiger partial charge on any atom is -0.497 e. The van der Waals surface area contributed by atoms with Gasteiger partial charge in [0, 0.05) is 22.6 Å². The number of halogens is 1. The molecule has 1 unspecified atom stereocenters. The van der Waals surface area contributed by atoms with Gasteiger partial charge in [0.2, 0.25) is 0 Å². The van der Waals surface area contributed by atoms with Gasteiger partial charge >= 0.3 is 0 Å². The summed E-state index contributed by atoms with van der Waals surface area (Å²) in [5, 5.41) is 3.50. The second-order valence-corrected chi connectivity index (χ2v) is 6.02. The Morgan fingerprint density at radius 2 is 1.91 bits per heavy atom. The number of benzene rings is 2. The summed E-state index contributed by atoms with van der Waals surface area (Å²) in [5.41, 5.74) is 1.07. The van der Waals surface area contributed by atoms with E-state index in [2.05, 4.69) is 33.4 Å². The van der Waals surface area contributed by atoms with Crippen molar-refractivity contribution in [2.24, 2.45) is 0 Å². The number of hydrogen-bond acceptors (Lipinski definition) is 3. The van der Waals surface area contributed by atoms with Crippen molar-refractivity contribution < 1.29 is 9.47 Å². The molecule has 0 amide bonds. The van der Waals surface area contributed by atoms with Crippen LogP contribution in [0.2, 0.25) is 0 Å². The molecule has 0 aliphatic rings. The lowest BCUT2D eigenvalue weighted by atomic mass is 10.2. The van der Waals surface area contributed by atoms with Gasteiger partial charge in [0.15, 0.2) is 0 Å². The van der Waals surface area contributed by atoms with Crippen molar-refractivity contribution in [3.63, 3.8) is 0 Å². The fraction of sp³-hybridized carbons (Fsp3) is 0.263. The molecule has 3 nitrogen and oxygen atoms in total. The van der Waals surface area contributed by atoms with Gasteiger partial charge in [0.25, 0.3) is 0 Å². The standard InChI is InChI=1S/C19H22BrNO2/c1-3-5-16(21-17-8-10-18(22-2)11-9-17)12-13-23-19-7-4-6-15(20)14-19/h3-11,14,16,21H,12-13H2,1-2H3/b5-3+. The third kappa shape index (κ3) is 5.99. The Morgan fingerprint density at radius 3 is 2.57 bits per heavy atom. The zero-order chi connectivity index (χ0) is 16.5. The number of anilines is 1. The van der Waals surface area contributed by atoms with E-state index in [0.29, 0.717) is 6.61 Å². The van der Waals surface area contributed by atoms with E-state index < -0.39 is 0 Å². The van der Waals surface area contributed by atoms with Gasteiger partial charge in [-0.05, 0) is 49.4 Å². The van der Waals surface area contributed by atoms with Crippen molar-refractivity contribution in [2.45, 2.75) is 19.4 Å². The first-order valence-electron chi connectivity index (χ1n) is 7.63. The van der Waals surface area contributed by atoms with Gasteiger partial charge in [-0.25, -0.2) is 0 Å². The molecule has 2 aromatic carbocycles. The molecule has 2 rings (SSSR count). The highest BCUT2D eigenvalue weighted by molar-refractivity contribution is 9.10. The van der Waals surface area contributed by atoms with Crippen molar-refractivity contribution in [2.75, 3.05) is 19.0 Å². The van der Waals surface area contributed by atoms with Crippen LogP contribution in [0.5, 0.6) is 11.5 Å². The average molecular weight is 376 g/mol. The number of nitrogens with one attached hydrogen (secondary N) is 1. The third-order valence-electron chi connectivity index (χ3n) is 3.36. The zero-order valence-corrected chi connectivity index (χ0v) is 15.0. The summed E-state index contributed by atoms with van der Waals surface area (Å²) in [6.07, 6.45) is 5.08. The van der Waals surface area contributed by atoms with Crippen molar-refractivity contribution in [3.8, 4) is 11.5 Å². The van der Waals surface area contributed by atoms with E-state index in [4.69, 9.17) is 9.47 Å². The Labute approximate surface area is 146 Å². The lowest BCUT2D eigenvalue weighted by molar-refractivity contribution is 0.307. The molecule has 1 atom stereocenters. The number of methoxy groups -OCH3 is 1. The molecule has 23 heavy (non-hydrogen) atoms. The van der Waals surface area contributed by atoms with Crippen LogP contribution in [0.1, 0.15) is 13.3 Å². The van der Waals surface area contributed by atoms with E-state index in [0.717, 1.165) is 28.1 Å². The van der Waals surface area contributed by atoms with E-state index in [1.54, 1.807) is 7.11 Å².